The van der Waals surface area contributed by atoms with Gasteiger partial charge < -0.3 is 10.2 Å². The molecule has 1 fully saturated rings. The zero-order chi connectivity index (χ0) is 14.6. The van der Waals surface area contributed by atoms with E-state index in [1.165, 1.54) is 12.1 Å². The molecule has 1 aromatic carbocycles. The van der Waals surface area contributed by atoms with Gasteiger partial charge in [0.25, 0.3) is 0 Å². The lowest BCUT2D eigenvalue weighted by Crippen LogP contribution is -2.38. The second kappa shape index (κ2) is 6.48. The summed E-state index contributed by atoms with van der Waals surface area (Å²) in [6, 6.07) is 5.87. The molecule has 5 heteroatoms. The largest absolute Gasteiger partial charge is 0.418 e. The van der Waals surface area contributed by atoms with E-state index in [0.717, 1.165) is 25.9 Å². The number of piperidine rings is 1. The van der Waals surface area contributed by atoms with Crippen molar-refractivity contribution >= 4 is 5.69 Å². The first kappa shape index (κ1) is 15.2. The minimum absolute atomic E-state index is 0.321. The van der Waals surface area contributed by atoms with Crippen LogP contribution in [0.2, 0.25) is 0 Å². The Labute approximate surface area is 118 Å². The Balaban J connectivity index is 2.04. The van der Waals surface area contributed by atoms with Gasteiger partial charge in [0.2, 0.25) is 0 Å². The van der Waals surface area contributed by atoms with E-state index >= 15 is 0 Å². The van der Waals surface area contributed by atoms with Crippen molar-refractivity contribution in [3.8, 4) is 0 Å². The van der Waals surface area contributed by atoms with Crippen LogP contribution in [-0.4, -0.2) is 26.2 Å². The van der Waals surface area contributed by atoms with E-state index in [1.807, 2.05) is 4.90 Å². The Bertz CT molecular complexity index is 423. The molecular weight excluding hydrogens is 265 g/mol. The number of halogens is 3. The summed E-state index contributed by atoms with van der Waals surface area (Å²) in [5.74, 6) is 0.573. The van der Waals surface area contributed by atoms with Gasteiger partial charge in [-0.25, -0.2) is 0 Å². The van der Waals surface area contributed by atoms with E-state index in [-0.39, 0.29) is 0 Å². The molecule has 0 bridgehead atoms. The fraction of sp³-hybridized carbons (Fsp3) is 0.600. The van der Waals surface area contributed by atoms with Crippen LogP contribution in [-0.2, 0) is 6.18 Å². The highest BCUT2D eigenvalue weighted by Crippen LogP contribution is 2.37. The first-order valence-corrected chi connectivity index (χ1v) is 7.14. The highest BCUT2D eigenvalue weighted by atomic mass is 19.4. The molecule has 0 atom stereocenters. The quantitative estimate of drug-likeness (QED) is 0.911. The maximum Gasteiger partial charge on any atom is 0.418 e. The summed E-state index contributed by atoms with van der Waals surface area (Å²) in [4.78, 5) is 1.87. The van der Waals surface area contributed by atoms with E-state index in [1.54, 1.807) is 12.1 Å². The number of alkyl halides is 3. The number of hydrogen-bond acceptors (Lipinski definition) is 2. The average molecular weight is 286 g/mol. The minimum atomic E-state index is -4.28. The summed E-state index contributed by atoms with van der Waals surface area (Å²) in [7, 11) is 0. The number of nitrogens with zero attached hydrogens (tertiary/aromatic N) is 1. The Kier molecular flexibility index (Phi) is 4.91. The van der Waals surface area contributed by atoms with Crippen molar-refractivity contribution in [1.82, 2.24) is 5.32 Å². The molecule has 0 unspecified atom stereocenters. The van der Waals surface area contributed by atoms with Gasteiger partial charge in [-0.2, -0.15) is 13.2 Å². The van der Waals surface area contributed by atoms with Crippen molar-refractivity contribution in [1.29, 1.82) is 0 Å². The first-order chi connectivity index (χ1) is 9.52. The molecule has 0 aliphatic carbocycles. The second-order valence-electron chi connectivity index (χ2n) is 5.25. The van der Waals surface area contributed by atoms with Crippen LogP contribution in [0.3, 0.4) is 0 Å². The minimum Gasteiger partial charge on any atom is -0.371 e. The first-order valence-electron chi connectivity index (χ1n) is 7.14. The molecule has 0 spiro atoms. The third kappa shape index (κ3) is 3.66. The van der Waals surface area contributed by atoms with Crippen LogP contribution in [0.25, 0.3) is 0 Å². The molecule has 1 heterocycles. The lowest BCUT2D eigenvalue weighted by Gasteiger charge is -2.35. The number of anilines is 1. The number of para-hydroxylation sites is 1. The molecule has 112 valence electrons. The smallest absolute Gasteiger partial charge is 0.371 e. The van der Waals surface area contributed by atoms with Crippen molar-refractivity contribution < 1.29 is 13.2 Å². The van der Waals surface area contributed by atoms with E-state index in [4.69, 9.17) is 0 Å². The predicted octanol–water partition coefficient (Wildman–Crippen LogP) is 3.53. The molecule has 1 saturated heterocycles. The van der Waals surface area contributed by atoms with E-state index in [9.17, 15) is 13.2 Å². The van der Waals surface area contributed by atoms with Gasteiger partial charge in [0.15, 0.2) is 0 Å². The highest BCUT2D eigenvalue weighted by molar-refractivity contribution is 5.55. The maximum absolute atomic E-state index is 13.0. The molecule has 20 heavy (non-hydrogen) atoms. The molecule has 1 aliphatic rings. The van der Waals surface area contributed by atoms with Crippen LogP contribution in [0.1, 0.15) is 25.3 Å². The van der Waals surface area contributed by atoms with Gasteiger partial charge in [-0.3, -0.25) is 0 Å². The topological polar surface area (TPSA) is 15.3 Å². The number of nitrogens with one attached hydrogen (secondary N) is 1. The molecule has 0 amide bonds. The fourth-order valence-corrected chi connectivity index (χ4v) is 2.72. The number of hydrogen-bond donors (Lipinski definition) is 1. The van der Waals surface area contributed by atoms with Crippen molar-refractivity contribution in [2.24, 2.45) is 5.92 Å². The summed E-state index contributed by atoms with van der Waals surface area (Å²) in [6.45, 7) is 5.36. The molecule has 0 saturated carbocycles. The van der Waals surface area contributed by atoms with Gasteiger partial charge in [0.05, 0.1) is 5.56 Å². The summed E-state index contributed by atoms with van der Waals surface area (Å²) < 4.78 is 39.0. The Morgan fingerprint density at radius 1 is 1.20 bits per heavy atom. The van der Waals surface area contributed by atoms with Crippen LogP contribution >= 0.6 is 0 Å². The highest BCUT2D eigenvalue weighted by Gasteiger charge is 2.35. The Hall–Kier alpha value is -1.23. The summed E-state index contributed by atoms with van der Waals surface area (Å²) in [6.07, 6.45) is -2.39. The Morgan fingerprint density at radius 3 is 2.45 bits per heavy atom. The maximum atomic E-state index is 13.0. The second-order valence-corrected chi connectivity index (χ2v) is 5.25. The van der Waals surface area contributed by atoms with Gasteiger partial charge in [0.1, 0.15) is 0 Å². The van der Waals surface area contributed by atoms with Gasteiger partial charge in [-0.1, -0.05) is 19.1 Å². The molecule has 0 aromatic heterocycles. The van der Waals surface area contributed by atoms with Crippen molar-refractivity contribution in [3.63, 3.8) is 0 Å². The van der Waals surface area contributed by atoms with Gasteiger partial charge in [-0.05, 0) is 44.0 Å². The van der Waals surface area contributed by atoms with Crippen molar-refractivity contribution in [2.75, 3.05) is 31.1 Å². The molecule has 0 radical (unpaired) electrons. The molecule has 1 aliphatic heterocycles. The monoisotopic (exact) mass is 286 g/mol. The normalized spacial score (nSPS) is 17.5. The van der Waals surface area contributed by atoms with E-state index < -0.39 is 11.7 Å². The summed E-state index contributed by atoms with van der Waals surface area (Å²) in [5.41, 5.74) is -0.202. The van der Waals surface area contributed by atoms with Crippen LogP contribution in [0.15, 0.2) is 24.3 Å². The predicted molar refractivity (Wildman–Crippen MR) is 74.9 cm³/mol. The van der Waals surface area contributed by atoms with Crippen LogP contribution in [0.5, 0.6) is 0 Å². The summed E-state index contributed by atoms with van der Waals surface area (Å²) in [5, 5.41) is 3.31. The van der Waals surface area contributed by atoms with E-state index in [2.05, 4.69) is 12.2 Å². The molecule has 1 N–H and O–H groups in total. The molecule has 2 nitrogen and oxygen atoms in total. The fourth-order valence-electron chi connectivity index (χ4n) is 2.72. The zero-order valence-electron chi connectivity index (χ0n) is 11.7. The average Bonchev–Trinajstić information content (AvgIpc) is 2.45. The molecule has 1 aromatic rings. The number of rotatable bonds is 4. The van der Waals surface area contributed by atoms with E-state index in [0.29, 0.717) is 24.7 Å². The molecular formula is C15H21F3N2. The van der Waals surface area contributed by atoms with Crippen molar-refractivity contribution in [3.05, 3.63) is 29.8 Å². The SMILES string of the molecule is CCNCC1CCN(c2ccccc2C(F)(F)F)CC1. The van der Waals surface area contributed by atoms with Gasteiger partial charge in [-0.15, -0.1) is 0 Å². The standard InChI is InChI=1S/C15H21F3N2/c1-2-19-11-12-7-9-20(10-8-12)14-6-4-3-5-13(14)15(16,17)18/h3-6,12,19H,2,7-11H2,1H3. The van der Waals surface area contributed by atoms with Crippen molar-refractivity contribution in [2.45, 2.75) is 25.9 Å². The van der Waals surface area contributed by atoms with Crippen LogP contribution in [0.4, 0.5) is 18.9 Å². The third-order valence-electron chi connectivity index (χ3n) is 3.85. The van der Waals surface area contributed by atoms with Crippen LogP contribution < -0.4 is 10.2 Å². The summed E-state index contributed by atoms with van der Waals surface area (Å²) >= 11 is 0. The molecule has 2 rings (SSSR count). The zero-order valence-corrected chi connectivity index (χ0v) is 11.7. The lowest BCUT2D eigenvalue weighted by molar-refractivity contribution is -0.137. The van der Waals surface area contributed by atoms with Gasteiger partial charge in [0, 0.05) is 18.8 Å². The number of benzene rings is 1. The van der Waals surface area contributed by atoms with Gasteiger partial charge >= 0.3 is 6.18 Å². The Morgan fingerprint density at radius 2 is 1.85 bits per heavy atom. The third-order valence-corrected chi connectivity index (χ3v) is 3.85. The lowest BCUT2D eigenvalue weighted by atomic mass is 9.95. The van der Waals surface area contributed by atoms with Crippen LogP contribution in [0, 0.1) is 5.92 Å².